The van der Waals surface area contributed by atoms with Crippen LogP contribution in [-0.2, 0) is 11.2 Å². The van der Waals surface area contributed by atoms with Crippen molar-refractivity contribution < 1.29 is 4.74 Å². The van der Waals surface area contributed by atoms with Gasteiger partial charge in [-0.2, -0.15) is 0 Å². The van der Waals surface area contributed by atoms with Crippen LogP contribution in [0.3, 0.4) is 0 Å². The van der Waals surface area contributed by atoms with E-state index < -0.39 is 0 Å². The maximum absolute atomic E-state index is 5.42. The zero-order valence-electron chi connectivity index (χ0n) is 16.4. The minimum Gasteiger partial charge on any atom is -0.384 e. The standard InChI is InChI=1S/C27H21NO/c1-29-17-16-18-8-6-15-25-26(18)21-11-3-2-9-19(21)22-12-7-13-23-20-10-4-5-14-24(20)28(25)27(22)23/h2-15H,16-17H2,1H3. The van der Waals surface area contributed by atoms with Crippen LogP contribution in [0, 0.1) is 0 Å². The Hall–Kier alpha value is -3.36. The third-order valence-corrected chi connectivity index (χ3v) is 6.13. The fourth-order valence-corrected chi connectivity index (χ4v) is 4.93. The lowest BCUT2D eigenvalue weighted by molar-refractivity contribution is 0.202. The van der Waals surface area contributed by atoms with E-state index in [1.807, 2.05) is 0 Å². The van der Waals surface area contributed by atoms with E-state index in [0.717, 1.165) is 6.42 Å². The number of para-hydroxylation sites is 2. The molecule has 0 saturated heterocycles. The molecule has 1 aliphatic heterocycles. The predicted octanol–water partition coefficient (Wildman–Crippen LogP) is 6.62. The van der Waals surface area contributed by atoms with Crippen molar-refractivity contribution >= 4 is 21.8 Å². The molecular weight excluding hydrogens is 354 g/mol. The predicted molar refractivity (Wildman–Crippen MR) is 121 cm³/mol. The van der Waals surface area contributed by atoms with E-state index in [-0.39, 0.29) is 0 Å². The number of benzene rings is 4. The summed E-state index contributed by atoms with van der Waals surface area (Å²) >= 11 is 0. The van der Waals surface area contributed by atoms with Gasteiger partial charge in [0.15, 0.2) is 0 Å². The van der Waals surface area contributed by atoms with Gasteiger partial charge in [0.25, 0.3) is 0 Å². The molecule has 0 atom stereocenters. The number of nitrogens with zero attached hydrogens (tertiary/aromatic N) is 1. The van der Waals surface area contributed by atoms with Crippen LogP contribution in [0.2, 0.25) is 0 Å². The smallest absolute Gasteiger partial charge is 0.0619 e. The molecule has 0 spiro atoms. The highest BCUT2D eigenvalue weighted by Crippen LogP contribution is 2.47. The zero-order chi connectivity index (χ0) is 19.4. The number of methoxy groups -OCH3 is 1. The minimum atomic E-state index is 0.716. The molecule has 0 radical (unpaired) electrons. The molecule has 140 valence electrons. The molecule has 0 saturated carbocycles. The first-order valence-corrected chi connectivity index (χ1v) is 10.1. The molecule has 1 aromatic heterocycles. The summed E-state index contributed by atoms with van der Waals surface area (Å²) in [6.07, 6.45) is 0.896. The number of fused-ring (bicyclic) bond motifs is 8. The van der Waals surface area contributed by atoms with E-state index in [1.165, 1.54) is 55.3 Å². The molecule has 4 aromatic carbocycles. The van der Waals surface area contributed by atoms with Crippen LogP contribution >= 0.6 is 0 Å². The maximum Gasteiger partial charge on any atom is 0.0619 e. The first kappa shape index (κ1) is 16.6. The van der Waals surface area contributed by atoms with Crippen molar-refractivity contribution in [2.45, 2.75) is 6.42 Å². The van der Waals surface area contributed by atoms with Crippen LogP contribution in [0.25, 0.3) is 49.7 Å². The van der Waals surface area contributed by atoms with Crippen LogP contribution in [-0.4, -0.2) is 18.3 Å². The summed E-state index contributed by atoms with van der Waals surface area (Å²) in [7, 11) is 1.77. The third-order valence-electron chi connectivity index (χ3n) is 6.13. The summed E-state index contributed by atoms with van der Waals surface area (Å²) < 4.78 is 7.89. The Morgan fingerprint density at radius 3 is 2.31 bits per heavy atom. The molecule has 1 aliphatic rings. The van der Waals surface area contributed by atoms with Crippen LogP contribution in [0.1, 0.15) is 5.56 Å². The van der Waals surface area contributed by atoms with Crippen LogP contribution in [0.15, 0.2) is 84.9 Å². The summed E-state index contributed by atoms with van der Waals surface area (Å²) in [5.74, 6) is 0. The Labute approximate surface area is 170 Å². The normalized spacial score (nSPS) is 12.0. The minimum absolute atomic E-state index is 0.716. The first-order chi connectivity index (χ1) is 14.4. The number of ether oxygens (including phenoxy) is 1. The number of hydrogen-bond acceptors (Lipinski definition) is 1. The van der Waals surface area contributed by atoms with Crippen molar-refractivity contribution in [2.75, 3.05) is 13.7 Å². The van der Waals surface area contributed by atoms with Crippen molar-refractivity contribution in [3.63, 3.8) is 0 Å². The van der Waals surface area contributed by atoms with E-state index >= 15 is 0 Å². The lowest BCUT2D eigenvalue weighted by Gasteiger charge is -2.17. The molecule has 2 heterocycles. The van der Waals surface area contributed by atoms with Crippen LogP contribution in [0.4, 0.5) is 0 Å². The first-order valence-electron chi connectivity index (χ1n) is 10.1. The van der Waals surface area contributed by atoms with Gasteiger partial charge < -0.3 is 9.30 Å². The van der Waals surface area contributed by atoms with Gasteiger partial charge >= 0.3 is 0 Å². The second-order valence-electron chi connectivity index (χ2n) is 7.65. The summed E-state index contributed by atoms with van der Waals surface area (Å²) in [4.78, 5) is 0. The molecule has 6 rings (SSSR count). The second kappa shape index (κ2) is 6.33. The molecule has 0 aliphatic carbocycles. The second-order valence-corrected chi connectivity index (χ2v) is 7.65. The third kappa shape index (κ3) is 2.27. The maximum atomic E-state index is 5.42. The van der Waals surface area contributed by atoms with Crippen molar-refractivity contribution in [3.05, 3.63) is 90.5 Å². The lowest BCUT2D eigenvalue weighted by Crippen LogP contribution is -2.02. The average Bonchev–Trinajstić information content (AvgIpc) is 3.05. The Morgan fingerprint density at radius 2 is 1.41 bits per heavy atom. The van der Waals surface area contributed by atoms with Crippen LogP contribution < -0.4 is 0 Å². The highest BCUT2D eigenvalue weighted by Gasteiger charge is 2.25. The number of aromatic nitrogens is 1. The van der Waals surface area contributed by atoms with Crippen molar-refractivity contribution in [3.8, 4) is 27.9 Å². The monoisotopic (exact) mass is 375 g/mol. The molecular formula is C27H21NO. The fourth-order valence-electron chi connectivity index (χ4n) is 4.93. The summed E-state index contributed by atoms with van der Waals surface area (Å²) in [6, 6.07) is 30.9. The van der Waals surface area contributed by atoms with Crippen LogP contribution in [0.5, 0.6) is 0 Å². The lowest BCUT2D eigenvalue weighted by atomic mass is 9.90. The van der Waals surface area contributed by atoms with E-state index in [0.29, 0.717) is 6.61 Å². The van der Waals surface area contributed by atoms with E-state index in [1.54, 1.807) is 7.11 Å². The van der Waals surface area contributed by atoms with Crippen molar-refractivity contribution in [2.24, 2.45) is 0 Å². The molecule has 2 heteroatoms. The number of rotatable bonds is 3. The van der Waals surface area contributed by atoms with Gasteiger partial charge in [-0.15, -0.1) is 0 Å². The molecule has 0 N–H and O–H groups in total. The van der Waals surface area contributed by atoms with E-state index in [2.05, 4.69) is 89.5 Å². The molecule has 0 unspecified atom stereocenters. The Balaban J connectivity index is 1.86. The molecule has 0 bridgehead atoms. The molecule has 0 amide bonds. The van der Waals surface area contributed by atoms with Gasteiger partial charge in [0, 0.05) is 29.0 Å². The molecule has 5 aromatic rings. The Kier molecular flexibility index (Phi) is 3.62. The van der Waals surface area contributed by atoms with Gasteiger partial charge in [0.2, 0.25) is 0 Å². The fraction of sp³-hybridized carbons (Fsp3) is 0.111. The number of hydrogen-bond donors (Lipinski definition) is 0. The highest BCUT2D eigenvalue weighted by molar-refractivity contribution is 6.16. The van der Waals surface area contributed by atoms with E-state index in [9.17, 15) is 0 Å². The SMILES string of the molecule is COCCc1cccc2c1-c1ccccc1-c1cccc3c4ccccc4n-2c13. The van der Waals surface area contributed by atoms with Gasteiger partial charge in [-0.3, -0.25) is 0 Å². The van der Waals surface area contributed by atoms with Gasteiger partial charge in [-0.25, -0.2) is 0 Å². The van der Waals surface area contributed by atoms with Gasteiger partial charge in [0.1, 0.15) is 0 Å². The molecule has 0 fully saturated rings. The largest absolute Gasteiger partial charge is 0.384 e. The molecule has 2 nitrogen and oxygen atoms in total. The summed E-state index contributed by atoms with van der Waals surface area (Å²) in [5.41, 5.74) is 10.3. The topological polar surface area (TPSA) is 14.2 Å². The van der Waals surface area contributed by atoms with E-state index in [4.69, 9.17) is 4.74 Å². The summed E-state index contributed by atoms with van der Waals surface area (Å²) in [5, 5.41) is 2.61. The van der Waals surface area contributed by atoms with Gasteiger partial charge in [-0.1, -0.05) is 72.8 Å². The average molecular weight is 375 g/mol. The van der Waals surface area contributed by atoms with Gasteiger partial charge in [0.05, 0.1) is 23.3 Å². The highest BCUT2D eigenvalue weighted by atomic mass is 16.5. The van der Waals surface area contributed by atoms with Crippen molar-refractivity contribution in [1.29, 1.82) is 0 Å². The zero-order valence-corrected chi connectivity index (χ0v) is 16.4. The Bertz CT molecular complexity index is 1390. The van der Waals surface area contributed by atoms with Gasteiger partial charge in [-0.05, 0) is 35.2 Å². The van der Waals surface area contributed by atoms with Crippen molar-refractivity contribution in [1.82, 2.24) is 4.57 Å². The quantitative estimate of drug-likeness (QED) is 0.339. The molecule has 29 heavy (non-hydrogen) atoms. The Morgan fingerprint density at radius 1 is 0.690 bits per heavy atom. The summed E-state index contributed by atoms with van der Waals surface area (Å²) in [6.45, 7) is 0.716.